The Kier molecular flexibility index (Phi) is 20.6. The number of aliphatic carboxylic acids is 1. The summed E-state index contributed by atoms with van der Waals surface area (Å²) in [6.07, 6.45) is 11.1. The number of unbranched alkanes of at least 4 members (excludes halogenated alkanes) is 8. The molecule has 31 heavy (non-hydrogen) atoms. The highest BCUT2D eigenvalue weighted by Gasteiger charge is 2.25. The van der Waals surface area contributed by atoms with Crippen LogP contribution in [0.5, 0.6) is 0 Å². The van der Waals surface area contributed by atoms with Gasteiger partial charge in [-0.1, -0.05) is 64.7 Å². The molecule has 186 valence electrons. The van der Waals surface area contributed by atoms with E-state index in [-0.39, 0.29) is 19.6 Å². The lowest BCUT2D eigenvalue weighted by Gasteiger charge is -2.25. The fourth-order valence-electron chi connectivity index (χ4n) is 3.79. The van der Waals surface area contributed by atoms with E-state index < -0.39 is 24.1 Å². The molecule has 0 aliphatic rings. The minimum absolute atomic E-state index is 0.0432. The first-order chi connectivity index (χ1) is 14.9. The molecule has 7 nitrogen and oxygen atoms in total. The first-order valence-electron chi connectivity index (χ1n) is 12.3. The molecule has 7 heteroatoms. The molecular formula is C24H48O7. The summed E-state index contributed by atoms with van der Waals surface area (Å²) >= 11 is 0. The summed E-state index contributed by atoms with van der Waals surface area (Å²) < 4.78 is 5.48. The van der Waals surface area contributed by atoms with Crippen molar-refractivity contribution in [1.82, 2.24) is 0 Å². The minimum Gasteiger partial charge on any atom is -0.481 e. The van der Waals surface area contributed by atoms with Gasteiger partial charge >= 0.3 is 5.97 Å². The van der Waals surface area contributed by atoms with Gasteiger partial charge in [0.15, 0.2) is 0 Å². The van der Waals surface area contributed by atoms with Gasteiger partial charge in [0.2, 0.25) is 0 Å². The molecule has 4 unspecified atom stereocenters. The van der Waals surface area contributed by atoms with E-state index in [4.69, 9.17) is 14.9 Å². The molecule has 4 atom stereocenters. The summed E-state index contributed by atoms with van der Waals surface area (Å²) in [6.45, 7) is 2.85. The highest BCUT2D eigenvalue weighted by atomic mass is 16.5. The predicted molar refractivity (Wildman–Crippen MR) is 122 cm³/mol. The second-order valence-electron chi connectivity index (χ2n) is 8.95. The van der Waals surface area contributed by atoms with E-state index >= 15 is 0 Å². The van der Waals surface area contributed by atoms with Crippen molar-refractivity contribution in [1.29, 1.82) is 0 Å². The van der Waals surface area contributed by atoms with Crippen molar-refractivity contribution >= 4 is 5.97 Å². The molecule has 5 N–H and O–H groups in total. The zero-order valence-corrected chi connectivity index (χ0v) is 19.6. The van der Waals surface area contributed by atoms with Crippen LogP contribution in [-0.2, 0) is 9.53 Å². The van der Waals surface area contributed by atoms with E-state index in [2.05, 4.69) is 6.92 Å². The Morgan fingerprint density at radius 3 is 1.97 bits per heavy atom. The fraction of sp³-hybridized carbons (Fsp3) is 0.958. The standard InChI is InChI=1S/C24H48O7/c1-20(15-16-25)12-8-6-4-2-3-5-7-11-17-31-19-22(27)24(30)21(18-26)13-9-10-14-23(28)29/h20-22,24-27,30H,2-19H2,1H3,(H,28,29). The lowest BCUT2D eigenvalue weighted by molar-refractivity contribution is -0.137. The molecule has 0 aromatic carbocycles. The normalized spacial score (nSPS) is 15.5. The summed E-state index contributed by atoms with van der Waals surface area (Å²) in [5, 5.41) is 47.2. The van der Waals surface area contributed by atoms with Crippen LogP contribution in [0.15, 0.2) is 0 Å². The fourth-order valence-corrected chi connectivity index (χ4v) is 3.79. The van der Waals surface area contributed by atoms with Crippen LogP contribution >= 0.6 is 0 Å². The zero-order valence-electron chi connectivity index (χ0n) is 19.6. The van der Waals surface area contributed by atoms with Gasteiger partial charge in [0.25, 0.3) is 0 Å². The van der Waals surface area contributed by atoms with Crippen LogP contribution in [0.1, 0.15) is 96.8 Å². The smallest absolute Gasteiger partial charge is 0.303 e. The average molecular weight is 449 g/mol. The number of aliphatic hydroxyl groups excluding tert-OH is 4. The van der Waals surface area contributed by atoms with Crippen molar-refractivity contribution in [2.75, 3.05) is 26.4 Å². The molecule has 0 aromatic rings. The van der Waals surface area contributed by atoms with Gasteiger partial charge in [0.1, 0.15) is 6.10 Å². The Bertz CT molecular complexity index is 405. The number of carboxylic acid groups (broad SMARTS) is 1. The molecule has 0 amide bonds. The largest absolute Gasteiger partial charge is 0.481 e. The van der Waals surface area contributed by atoms with Crippen LogP contribution in [-0.4, -0.2) is 70.1 Å². The van der Waals surface area contributed by atoms with E-state index in [1.165, 1.54) is 44.9 Å². The van der Waals surface area contributed by atoms with Gasteiger partial charge in [-0.15, -0.1) is 0 Å². The number of hydrogen-bond donors (Lipinski definition) is 5. The quantitative estimate of drug-likeness (QED) is 0.151. The average Bonchev–Trinajstić information content (AvgIpc) is 2.74. The van der Waals surface area contributed by atoms with Gasteiger partial charge < -0.3 is 30.3 Å². The maximum absolute atomic E-state index is 10.5. The van der Waals surface area contributed by atoms with Crippen LogP contribution in [0, 0.1) is 11.8 Å². The summed E-state index contributed by atoms with van der Waals surface area (Å²) in [4.78, 5) is 10.5. The summed E-state index contributed by atoms with van der Waals surface area (Å²) in [7, 11) is 0. The van der Waals surface area contributed by atoms with Gasteiger partial charge in [-0.2, -0.15) is 0 Å². The van der Waals surface area contributed by atoms with Gasteiger partial charge in [-0.25, -0.2) is 0 Å². The highest BCUT2D eigenvalue weighted by molar-refractivity contribution is 5.66. The topological polar surface area (TPSA) is 127 Å². The lowest BCUT2D eigenvalue weighted by Crippen LogP contribution is -2.38. The van der Waals surface area contributed by atoms with E-state index in [0.29, 0.717) is 38.4 Å². The van der Waals surface area contributed by atoms with Crippen molar-refractivity contribution in [2.24, 2.45) is 11.8 Å². The first-order valence-corrected chi connectivity index (χ1v) is 12.3. The highest BCUT2D eigenvalue weighted by Crippen LogP contribution is 2.17. The van der Waals surface area contributed by atoms with Crippen molar-refractivity contribution in [3.63, 3.8) is 0 Å². The molecule has 0 aliphatic carbocycles. The molecule has 0 radical (unpaired) electrons. The number of hydrogen-bond acceptors (Lipinski definition) is 6. The molecule has 0 saturated heterocycles. The number of rotatable bonds is 23. The molecular weight excluding hydrogens is 400 g/mol. The van der Waals surface area contributed by atoms with Crippen LogP contribution in [0.25, 0.3) is 0 Å². The second-order valence-corrected chi connectivity index (χ2v) is 8.95. The molecule has 0 bridgehead atoms. The molecule has 0 spiro atoms. The third-order valence-electron chi connectivity index (χ3n) is 5.97. The molecule has 0 heterocycles. The lowest BCUT2D eigenvalue weighted by atomic mass is 9.93. The molecule has 0 rings (SSSR count). The van der Waals surface area contributed by atoms with Crippen molar-refractivity contribution in [2.45, 2.75) is 109 Å². The van der Waals surface area contributed by atoms with E-state index in [1.807, 2.05) is 0 Å². The maximum Gasteiger partial charge on any atom is 0.303 e. The van der Waals surface area contributed by atoms with E-state index in [9.17, 15) is 20.1 Å². The molecule has 0 aliphatic heterocycles. The number of carboxylic acids is 1. The Morgan fingerprint density at radius 1 is 0.806 bits per heavy atom. The van der Waals surface area contributed by atoms with Crippen LogP contribution in [0.4, 0.5) is 0 Å². The Hall–Kier alpha value is -0.730. The van der Waals surface area contributed by atoms with Gasteiger partial charge in [0, 0.05) is 32.2 Å². The Labute approximate surface area is 188 Å². The number of carbonyl (C=O) groups is 1. The van der Waals surface area contributed by atoms with Crippen LogP contribution in [0.2, 0.25) is 0 Å². The monoisotopic (exact) mass is 448 g/mol. The van der Waals surface area contributed by atoms with Gasteiger partial charge in [-0.05, 0) is 31.6 Å². The maximum atomic E-state index is 10.5. The minimum atomic E-state index is -1.07. The summed E-state index contributed by atoms with van der Waals surface area (Å²) in [5.74, 6) is -0.692. The van der Waals surface area contributed by atoms with E-state index in [0.717, 1.165) is 19.3 Å². The Morgan fingerprint density at radius 2 is 1.39 bits per heavy atom. The van der Waals surface area contributed by atoms with Crippen LogP contribution in [0.3, 0.4) is 0 Å². The van der Waals surface area contributed by atoms with Gasteiger partial charge in [0.05, 0.1) is 12.7 Å². The SMILES string of the molecule is CC(CCO)CCCCCCCCCCOCC(O)C(O)C(CO)CCCCC(=O)O. The third-order valence-corrected chi connectivity index (χ3v) is 5.97. The second kappa shape index (κ2) is 21.1. The van der Waals surface area contributed by atoms with Crippen LogP contribution < -0.4 is 0 Å². The van der Waals surface area contributed by atoms with Crippen molar-refractivity contribution < 1.29 is 35.1 Å². The summed E-state index contributed by atoms with van der Waals surface area (Å²) in [5.41, 5.74) is 0. The van der Waals surface area contributed by atoms with Gasteiger partial charge in [-0.3, -0.25) is 4.79 Å². The zero-order chi connectivity index (χ0) is 23.3. The van der Waals surface area contributed by atoms with Crippen molar-refractivity contribution in [3.05, 3.63) is 0 Å². The number of ether oxygens (including phenoxy) is 1. The molecule has 0 aromatic heterocycles. The first kappa shape index (κ1) is 30.3. The van der Waals surface area contributed by atoms with E-state index in [1.54, 1.807) is 0 Å². The predicted octanol–water partition coefficient (Wildman–Crippen LogP) is 3.51. The molecule has 0 fully saturated rings. The Balaban J connectivity index is 3.58. The summed E-state index contributed by atoms with van der Waals surface area (Å²) in [6, 6.07) is 0. The van der Waals surface area contributed by atoms with Crippen molar-refractivity contribution in [3.8, 4) is 0 Å². The molecule has 0 saturated carbocycles. The number of aliphatic hydroxyl groups is 4. The third kappa shape index (κ3) is 18.5.